The predicted molar refractivity (Wildman–Crippen MR) is 65.7 cm³/mol. The van der Waals surface area contributed by atoms with Crippen molar-refractivity contribution in [2.45, 2.75) is 13.8 Å². The van der Waals surface area contributed by atoms with Crippen LogP contribution < -0.4 is 5.32 Å². The molecule has 0 aliphatic carbocycles. The molecule has 1 N–H and O–H groups in total. The molecule has 0 aliphatic rings. The summed E-state index contributed by atoms with van der Waals surface area (Å²) < 4.78 is 11.2. The van der Waals surface area contributed by atoms with Gasteiger partial charge in [-0.05, 0) is 18.6 Å². The van der Waals surface area contributed by atoms with E-state index < -0.39 is 10.8 Å². The first-order valence-electron chi connectivity index (χ1n) is 5.13. The first kappa shape index (κ1) is 12.7. The molecule has 1 aromatic heterocycles. The van der Waals surface area contributed by atoms with Crippen molar-refractivity contribution < 1.29 is 4.21 Å². The summed E-state index contributed by atoms with van der Waals surface area (Å²) in [5.41, 5.74) is 1.46. The maximum Gasteiger partial charge on any atom is 0.144 e. The zero-order valence-corrected chi connectivity index (χ0v) is 10.3. The van der Waals surface area contributed by atoms with Crippen LogP contribution in [0.1, 0.15) is 18.1 Å². The zero-order valence-electron chi connectivity index (χ0n) is 9.49. The third kappa shape index (κ3) is 3.31. The zero-order chi connectivity index (χ0) is 12.0. The number of nitriles is 1. The molecule has 0 aliphatic heterocycles. The maximum atomic E-state index is 11.2. The third-order valence-corrected chi connectivity index (χ3v) is 3.52. The Hall–Kier alpha value is -1.41. The van der Waals surface area contributed by atoms with Crippen LogP contribution in [0, 0.1) is 18.3 Å². The molecular weight excluding hydrogens is 222 g/mol. The summed E-state index contributed by atoms with van der Waals surface area (Å²) in [6, 6.07) is 3.91. The molecular formula is C11H15N3OS. The standard InChI is InChI=1S/C11H15N3OS/c1-3-16(15)7-6-14-11-10(8-12)9(2)4-5-13-11/h4-5H,3,6-7H2,1-2H3,(H,13,14). The SMILES string of the molecule is CCS(=O)CCNc1nccc(C)c1C#N. The Morgan fingerprint density at radius 2 is 2.38 bits per heavy atom. The van der Waals surface area contributed by atoms with Gasteiger partial charge in [0.15, 0.2) is 0 Å². The molecule has 0 radical (unpaired) electrons. The lowest BCUT2D eigenvalue weighted by molar-refractivity contribution is 0.684. The molecule has 0 saturated heterocycles. The molecule has 4 nitrogen and oxygen atoms in total. The van der Waals surface area contributed by atoms with Crippen LogP contribution in [0.5, 0.6) is 0 Å². The molecule has 1 aromatic rings. The van der Waals surface area contributed by atoms with Gasteiger partial charge in [-0.3, -0.25) is 4.21 Å². The minimum absolute atomic E-state index is 0.560. The first-order valence-corrected chi connectivity index (χ1v) is 6.62. The molecule has 0 saturated carbocycles. The quantitative estimate of drug-likeness (QED) is 0.841. The van der Waals surface area contributed by atoms with Gasteiger partial charge in [-0.15, -0.1) is 0 Å². The van der Waals surface area contributed by atoms with Crippen LogP contribution in [0.2, 0.25) is 0 Å². The molecule has 1 atom stereocenters. The van der Waals surface area contributed by atoms with E-state index in [0.29, 0.717) is 29.4 Å². The van der Waals surface area contributed by atoms with Crippen molar-refractivity contribution in [1.82, 2.24) is 4.98 Å². The fraction of sp³-hybridized carbons (Fsp3) is 0.455. The highest BCUT2D eigenvalue weighted by Gasteiger charge is 2.05. The summed E-state index contributed by atoms with van der Waals surface area (Å²) in [6.45, 7) is 4.34. The van der Waals surface area contributed by atoms with E-state index in [-0.39, 0.29) is 0 Å². The summed E-state index contributed by atoms with van der Waals surface area (Å²) in [5.74, 6) is 1.82. The number of anilines is 1. The second-order valence-corrected chi connectivity index (χ2v) is 5.19. The highest BCUT2D eigenvalue weighted by atomic mass is 32.2. The van der Waals surface area contributed by atoms with Crippen LogP contribution >= 0.6 is 0 Å². The summed E-state index contributed by atoms with van der Waals surface area (Å²) in [6.07, 6.45) is 1.66. The van der Waals surface area contributed by atoms with E-state index in [1.54, 1.807) is 12.3 Å². The molecule has 16 heavy (non-hydrogen) atoms. The number of hydrogen-bond donors (Lipinski definition) is 1. The fourth-order valence-corrected chi connectivity index (χ4v) is 1.88. The van der Waals surface area contributed by atoms with Crippen LogP contribution in [-0.2, 0) is 10.8 Å². The Labute approximate surface area is 98.2 Å². The Balaban J connectivity index is 2.64. The lowest BCUT2D eigenvalue weighted by atomic mass is 10.1. The molecule has 1 heterocycles. The lowest BCUT2D eigenvalue weighted by Crippen LogP contribution is -2.13. The minimum Gasteiger partial charge on any atom is -0.368 e. The molecule has 0 bridgehead atoms. The van der Waals surface area contributed by atoms with Crippen LogP contribution in [0.3, 0.4) is 0 Å². The van der Waals surface area contributed by atoms with E-state index in [1.165, 1.54) is 0 Å². The molecule has 0 spiro atoms. The van der Waals surface area contributed by atoms with Crippen molar-refractivity contribution in [3.05, 3.63) is 23.4 Å². The molecule has 1 unspecified atom stereocenters. The van der Waals surface area contributed by atoms with Gasteiger partial charge in [-0.25, -0.2) is 4.98 Å². The number of aromatic nitrogens is 1. The molecule has 1 rings (SSSR count). The predicted octanol–water partition coefficient (Wildman–Crippen LogP) is 1.44. The first-order chi connectivity index (χ1) is 7.69. The molecule has 0 fully saturated rings. The van der Waals surface area contributed by atoms with E-state index in [0.717, 1.165) is 5.56 Å². The third-order valence-electron chi connectivity index (χ3n) is 2.22. The second-order valence-electron chi connectivity index (χ2n) is 3.32. The van der Waals surface area contributed by atoms with Crippen LogP contribution in [0.25, 0.3) is 0 Å². The van der Waals surface area contributed by atoms with Gasteiger partial charge in [0.05, 0.1) is 5.56 Å². The molecule has 5 heteroatoms. The maximum absolute atomic E-state index is 11.2. The summed E-state index contributed by atoms with van der Waals surface area (Å²) in [4.78, 5) is 4.10. The van der Waals surface area contributed by atoms with E-state index >= 15 is 0 Å². The van der Waals surface area contributed by atoms with Gasteiger partial charge in [0.1, 0.15) is 11.9 Å². The summed E-state index contributed by atoms with van der Waals surface area (Å²) in [7, 11) is -0.788. The van der Waals surface area contributed by atoms with E-state index in [4.69, 9.17) is 5.26 Å². The largest absolute Gasteiger partial charge is 0.368 e. The monoisotopic (exact) mass is 237 g/mol. The van der Waals surface area contributed by atoms with Gasteiger partial charge in [0, 0.05) is 35.0 Å². The Bertz CT molecular complexity index is 426. The van der Waals surface area contributed by atoms with E-state index in [2.05, 4.69) is 16.4 Å². The number of nitrogens with zero attached hydrogens (tertiary/aromatic N) is 2. The summed E-state index contributed by atoms with van der Waals surface area (Å²) in [5, 5.41) is 12.0. The van der Waals surface area contributed by atoms with Crippen molar-refractivity contribution in [2.24, 2.45) is 0 Å². The van der Waals surface area contributed by atoms with Crippen LogP contribution in [-0.4, -0.2) is 27.2 Å². The minimum atomic E-state index is -0.788. The second kappa shape index (κ2) is 6.23. The van der Waals surface area contributed by atoms with Gasteiger partial charge < -0.3 is 5.32 Å². The van der Waals surface area contributed by atoms with Crippen molar-refractivity contribution in [1.29, 1.82) is 5.26 Å². The summed E-state index contributed by atoms with van der Waals surface area (Å²) >= 11 is 0. The van der Waals surface area contributed by atoms with Crippen molar-refractivity contribution >= 4 is 16.6 Å². The van der Waals surface area contributed by atoms with Crippen LogP contribution in [0.4, 0.5) is 5.82 Å². The number of nitrogens with one attached hydrogen (secondary N) is 1. The van der Waals surface area contributed by atoms with Crippen molar-refractivity contribution in [3.8, 4) is 6.07 Å². The van der Waals surface area contributed by atoms with Gasteiger partial charge in [0.25, 0.3) is 0 Å². The fourth-order valence-electron chi connectivity index (χ4n) is 1.26. The lowest BCUT2D eigenvalue weighted by Gasteiger charge is -2.07. The number of pyridine rings is 1. The average Bonchev–Trinajstić information content (AvgIpc) is 2.29. The highest BCUT2D eigenvalue weighted by molar-refractivity contribution is 7.84. The van der Waals surface area contributed by atoms with Gasteiger partial charge in [0.2, 0.25) is 0 Å². The Morgan fingerprint density at radius 3 is 3.00 bits per heavy atom. The smallest absolute Gasteiger partial charge is 0.144 e. The van der Waals surface area contributed by atoms with Crippen molar-refractivity contribution in [3.63, 3.8) is 0 Å². The van der Waals surface area contributed by atoms with E-state index in [1.807, 2.05) is 13.8 Å². The topological polar surface area (TPSA) is 65.8 Å². The number of rotatable bonds is 5. The number of hydrogen-bond acceptors (Lipinski definition) is 4. The molecule has 86 valence electrons. The van der Waals surface area contributed by atoms with Gasteiger partial charge >= 0.3 is 0 Å². The highest BCUT2D eigenvalue weighted by Crippen LogP contribution is 2.14. The number of aryl methyl sites for hydroxylation is 1. The Kier molecular flexibility index (Phi) is 4.93. The average molecular weight is 237 g/mol. The van der Waals surface area contributed by atoms with Gasteiger partial charge in [-0.1, -0.05) is 6.92 Å². The Morgan fingerprint density at radius 1 is 1.62 bits per heavy atom. The van der Waals surface area contributed by atoms with E-state index in [9.17, 15) is 4.21 Å². The van der Waals surface area contributed by atoms with Gasteiger partial charge in [-0.2, -0.15) is 5.26 Å². The normalized spacial score (nSPS) is 11.8. The molecule has 0 aromatic carbocycles. The van der Waals surface area contributed by atoms with Crippen molar-refractivity contribution in [2.75, 3.05) is 23.4 Å². The van der Waals surface area contributed by atoms with Crippen LogP contribution in [0.15, 0.2) is 12.3 Å². The molecule has 0 amide bonds.